The third-order valence-electron chi connectivity index (χ3n) is 3.30. The molecule has 1 aliphatic heterocycles. The number of methoxy groups -OCH3 is 2. The summed E-state index contributed by atoms with van der Waals surface area (Å²) in [7, 11) is 3.29. The summed E-state index contributed by atoms with van der Waals surface area (Å²) in [5, 5.41) is 0. The average molecular weight is 311 g/mol. The van der Waals surface area contributed by atoms with Crippen molar-refractivity contribution in [1.29, 1.82) is 0 Å². The van der Waals surface area contributed by atoms with Crippen LogP contribution in [-0.2, 0) is 19.0 Å². The summed E-state index contributed by atoms with van der Waals surface area (Å²) in [4.78, 5) is 14.2. The topological polar surface area (TPSA) is 74.0 Å². The van der Waals surface area contributed by atoms with Crippen LogP contribution in [0, 0.1) is 0 Å². The minimum Gasteiger partial charge on any atom is -0.385 e. The molecule has 1 rings (SSSR count). The molecule has 0 aliphatic carbocycles. The Balaban J connectivity index is 0.00000361. The Hall–Kier alpha value is -0.400. The third kappa shape index (κ3) is 6.37. The van der Waals surface area contributed by atoms with E-state index in [2.05, 4.69) is 0 Å². The van der Waals surface area contributed by atoms with E-state index in [0.717, 1.165) is 19.3 Å². The maximum Gasteiger partial charge on any atom is 0.251 e. The Kier molecular flexibility index (Phi) is 11.1. The van der Waals surface area contributed by atoms with Crippen LogP contribution in [0.2, 0.25) is 0 Å². The smallest absolute Gasteiger partial charge is 0.251 e. The monoisotopic (exact) mass is 310 g/mol. The molecule has 0 aromatic heterocycles. The molecule has 20 heavy (non-hydrogen) atoms. The van der Waals surface area contributed by atoms with Crippen molar-refractivity contribution in [3.8, 4) is 0 Å². The van der Waals surface area contributed by atoms with Crippen molar-refractivity contribution in [2.75, 3.05) is 47.1 Å². The number of hydrogen-bond acceptors (Lipinski definition) is 5. The number of amides is 1. The van der Waals surface area contributed by atoms with Crippen LogP contribution >= 0.6 is 12.4 Å². The second-order valence-electron chi connectivity index (χ2n) is 4.72. The largest absolute Gasteiger partial charge is 0.385 e. The van der Waals surface area contributed by atoms with Gasteiger partial charge in [-0.15, -0.1) is 12.4 Å². The lowest BCUT2D eigenvalue weighted by atomic mass is 10.1. The molecule has 0 saturated carbocycles. The normalized spacial score (nSPS) is 21.6. The number of nitrogens with two attached hydrogens (primary N) is 1. The van der Waals surface area contributed by atoms with E-state index in [1.54, 1.807) is 19.1 Å². The fourth-order valence-electron chi connectivity index (χ4n) is 2.20. The van der Waals surface area contributed by atoms with Gasteiger partial charge >= 0.3 is 0 Å². The van der Waals surface area contributed by atoms with Gasteiger partial charge in [-0.05, 0) is 19.3 Å². The molecule has 1 fully saturated rings. The molecule has 1 amide bonds. The number of carbonyl (C=O) groups excluding carboxylic acids is 1. The Morgan fingerprint density at radius 3 is 2.50 bits per heavy atom. The van der Waals surface area contributed by atoms with E-state index in [0.29, 0.717) is 32.8 Å². The Morgan fingerprint density at radius 2 is 1.95 bits per heavy atom. The van der Waals surface area contributed by atoms with Gasteiger partial charge in [0.25, 0.3) is 5.91 Å². The minimum atomic E-state index is -0.340. The minimum absolute atomic E-state index is 0. The molecule has 1 saturated heterocycles. The molecular formula is C13H27ClN2O4. The molecule has 0 radical (unpaired) electrons. The Bertz CT molecular complexity index is 269. The lowest BCUT2D eigenvalue weighted by molar-refractivity contribution is -0.143. The summed E-state index contributed by atoms with van der Waals surface area (Å²) in [6.45, 7) is 2.92. The molecule has 6 nitrogen and oxygen atoms in total. The van der Waals surface area contributed by atoms with Crippen LogP contribution in [0.4, 0.5) is 0 Å². The van der Waals surface area contributed by atoms with E-state index < -0.39 is 0 Å². The van der Waals surface area contributed by atoms with Crippen LogP contribution in [0.3, 0.4) is 0 Å². The van der Waals surface area contributed by atoms with E-state index in [1.165, 1.54) is 0 Å². The van der Waals surface area contributed by atoms with Gasteiger partial charge < -0.3 is 24.8 Å². The lowest BCUT2D eigenvalue weighted by Gasteiger charge is -2.25. The van der Waals surface area contributed by atoms with E-state index in [1.807, 2.05) is 0 Å². The quantitative estimate of drug-likeness (QED) is 0.625. The summed E-state index contributed by atoms with van der Waals surface area (Å²) in [5.41, 5.74) is 5.56. The first-order valence-electron chi connectivity index (χ1n) is 6.85. The van der Waals surface area contributed by atoms with Crippen LogP contribution in [0.5, 0.6) is 0 Å². The third-order valence-corrected chi connectivity index (χ3v) is 3.30. The van der Waals surface area contributed by atoms with Gasteiger partial charge in [0, 0.05) is 40.5 Å². The highest BCUT2D eigenvalue weighted by Crippen LogP contribution is 2.20. The molecule has 0 bridgehead atoms. The van der Waals surface area contributed by atoms with E-state index in [9.17, 15) is 4.79 Å². The number of rotatable bonds is 9. The van der Waals surface area contributed by atoms with Crippen molar-refractivity contribution >= 4 is 18.3 Å². The number of ether oxygens (including phenoxy) is 3. The van der Waals surface area contributed by atoms with Gasteiger partial charge in [-0.3, -0.25) is 4.79 Å². The maximum atomic E-state index is 12.4. The summed E-state index contributed by atoms with van der Waals surface area (Å²) in [6.07, 6.45) is 2.13. The molecule has 0 spiro atoms. The van der Waals surface area contributed by atoms with Crippen molar-refractivity contribution in [2.45, 2.75) is 31.5 Å². The highest BCUT2D eigenvalue weighted by Gasteiger charge is 2.32. The van der Waals surface area contributed by atoms with Crippen molar-refractivity contribution in [1.82, 2.24) is 4.90 Å². The van der Waals surface area contributed by atoms with E-state index in [-0.39, 0.29) is 30.5 Å². The number of halogens is 1. The molecule has 0 unspecified atom stereocenters. The standard InChI is InChI=1S/C13H26N2O4.ClH/c1-17-8-3-6-15(7-9-18-2)13(16)12-5-4-11(10-14)19-12;/h11-12H,3-10,14H2,1-2H3;1H/t11-,12+;/m1./s1. The molecule has 2 atom stereocenters. The fourth-order valence-corrected chi connectivity index (χ4v) is 2.20. The molecule has 1 aliphatic rings. The van der Waals surface area contributed by atoms with Gasteiger partial charge in [-0.25, -0.2) is 0 Å². The van der Waals surface area contributed by atoms with E-state index >= 15 is 0 Å². The van der Waals surface area contributed by atoms with Crippen molar-refractivity contribution in [3.05, 3.63) is 0 Å². The first-order chi connectivity index (χ1) is 9.22. The SMILES string of the molecule is COCCCN(CCOC)C(=O)[C@@H]1CC[C@H](CN)O1.Cl. The van der Waals surface area contributed by atoms with Crippen molar-refractivity contribution in [3.63, 3.8) is 0 Å². The molecule has 0 aromatic carbocycles. The van der Waals surface area contributed by atoms with Gasteiger partial charge in [0.1, 0.15) is 6.10 Å². The first-order valence-corrected chi connectivity index (χ1v) is 6.85. The molecule has 7 heteroatoms. The molecular weight excluding hydrogens is 284 g/mol. The zero-order chi connectivity index (χ0) is 14.1. The van der Waals surface area contributed by atoms with Gasteiger partial charge in [0.05, 0.1) is 12.7 Å². The van der Waals surface area contributed by atoms with E-state index in [4.69, 9.17) is 19.9 Å². The highest BCUT2D eigenvalue weighted by molar-refractivity contribution is 5.85. The number of nitrogens with zero attached hydrogens (tertiary/aromatic N) is 1. The molecule has 0 aromatic rings. The zero-order valence-corrected chi connectivity index (χ0v) is 13.2. The lowest BCUT2D eigenvalue weighted by Crippen LogP contribution is -2.42. The second kappa shape index (κ2) is 11.3. The summed E-state index contributed by atoms with van der Waals surface area (Å²) < 4.78 is 15.7. The van der Waals surface area contributed by atoms with Crippen molar-refractivity contribution < 1.29 is 19.0 Å². The van der Waals surface area contributed by atoms with Crippen LogP contribution < -0.4 is 5.73 Å². The highest BCUT2D eigenvalue weighted by atomic mass is 35.5. The van der Waals surface area contributed by atoms with Crippen LogP contribution in [0.1, 0.15) is 19.3 Å². The van der Waals surface area contributed by atoms with Gasteiger partial charge in [0.2, 0.25) is 0 Å². The molecule has 1 heterocycles. The predicted octanol–water partition coefficient (Wildman–Crippen LogP) is 0.426. The summed E-state index contributed by atoms with van der Waals surface area (Å²) in [6, 6.07) is 0. The summed E-state index contributed by atoms with van der Waals surface area (Å²) in [5.74, 6) is 0.0455. The first kappa shape index (κ1) is 19.6. The zero-order valence-electron chi connectivity index (χ0n) is 12.4. The van der Waals surface area contributed by atoms with Gasteiger partial charge in [-0.2, -0.15) is 0 Å². The fraction of sp³-hybridized carbons (Fsp3) is 0.923. The second-order valence-corrected chi connectivity index (χ2v) is 4.72. The number of carbonyl (C=O) groups is 1. The Labute approximate surface area is 127 Å². The van der Waals surface area contributed by atoms with Crippen LogP contribution in [0.25, 0.3) is 0 Å². The summed E-state index contributed by atoms with van der Waals surface area (Å²) >= 11 is 0. The Morgan fingerprint density at radius 1 is 1.25 bits per heavy atom. The van der Waals surface area contributed by atoms with Crippen LogP contribution in [-0.4, -0.2) is 70.1 Å². The van der Waals surface area contributed by atoms with Crippen LogP contribution in [0.15, 0.2) is 0 Å². The molecule has 120 valence electrons. The number of hydrogen-bond donors (Lipinski definition) is 1. The predicted molar refractivity (Wildman–Crippen MR) is 79.1 cm³/mol. The molecule has 2 N–H and O–H groups in total. The average Bonchev–Trinajstić information content (AvgIpc) is 2.91. The van der Waals surface area contributed by atoms with Gasteiger partial charge in [0.15, 0.2) is 0 Å². The van der Waals surface area contributed by atoms with Gasteiger partial charge in [-0.1, -0.05) is 0 Å². The van der Waals surface area contributed by atoms with Crippen molar-refractivity contribution in [2.24, 2.45) is 5.73 Å². The maximum absolute atomic E-state index is 12.4.